The Kier molecular flexibility index (Phi) is 4.15. The first-order valence-corrected chi connectivity index (χ1v) is 10.5. The summed E-state index contributed by atoms with van der Waals surface area (Å²) in [4.78, 5) is 19.4. The molecule has 2 saturated heterocycles. The van der Waals surface area contributed by atoms with Crippen LogP contribution in [0, 0.1) is 23.2 Å². The second kappa shape index (κ2) is 6.50. The van der Waals surface area contributed by atoms with E-state index in [1.54, 1.807) is 7.11 Å². The molecule has 6 heteroatoms. The molecule has 4 aliphatic rings. The van der Waals surface area contributed by atoms with Crippen molar-refractivity contribution in [1.82, 2.24) is 9.88 Å². The molecule has 1 aliphatic carbocycles. The maximum atomic E-state index is 13.5. The number of carbonyl (C=O) groups excluding carboxylic acids is 1. The number of hydrogen-bond acceptors (Lipinski definition) is 5. The van der Waals surface area contributed by atoms with Gasteiger partial charge < -0.3 is 14.5 Å². The van der Waals surface area contributed by atoms with Crippen molar-refractivity contribution < 1.29 is 14.3 Å². The lowest BCUT2D eigenvalue weighted by Gasteiger charge is -2.59. The molecule has 0 amide bonds. The Morgan fingerprint density at radius 1 is 1.41 bits per heavy atom. The third-order valence-electron chi connectivity index (χ3n) is 7.69. The lowest BCUT2D eigenvalue weighted by Crippen LogP contribution is -2.70. The van der Waals surface area contributed by atoms with Gasteiger partial charge in [0.2, 0.25) is 0 Å². The molecule has 1 aromatic carbocycles. The molecule has 3 aliphatic heterocycles. The standard InChI is InChI=1S/C23H27N3O3/c1-4-13-9-14-11-23(22(27)29-3)20-16(7-8-26(21(13)23)19(14)12-24)17-10-15(28-2)5-6-18(17)25-20/h5-6,10,13-14,19,21,25H,4,7-9,11H2,1-3H3/t13-,14-,19?,21-,23+/m0/s1. The maximum absolute atomic E-state index is 13.5. The Bertz CT molecular complexity index is 1020. The van der Waals surface area contributed by atoms with Crippen LogP contribution in [-0.4, -0.2) is 48.7 Å². The number of aromatic nitrogens is 1. The van der Waals surface area contributed by atoms with E-state index < -0.39 is 5.41 Å². The molecule has 0 spiro atoms. The van der Waals surface area contributed by atoms with Gasteiger partial charge >= 0.3 is 5.97 Å². The number of esters is 1. The Balaban J connectivity index is 1.80. The second-order valence-corrected chi connectivity index (χ2v) is 8.73. The van der Waals surface area contributed by atoms with Crippen molar-refractivity contribution in [2.45, 2.75) is 50.1 Å². The summed E-state index contributed by atoms with van der Waals surface area (Å²) in [7, 11) is 3.16. The number of benzene rings is 1. The average Bonchev–Trinajstić information content (AvgIpc) is 3.08. The molecule has 6 nitrogen and oxygen atoms in total. The number of rotatable bonds is 3. The van der Waals surface area contributed by atoms with Crippen LogP contribution in [0.25, 0.3) is 10.9 Å². The van der Waals surface area contributed by atoms with E-state index in [1.807, 2.05) is 12.1 Å². The summed E-state index contributed by atoms with van der Waals surface area (Å²) in [5, 5.41) is 11.0. The minimum Gasteiger partial charge on any atom is -0.497 e. The molecule has 2 aromatic rings. The lowest BCUT2D eigenvalue weighted by molar-refractivity contribution is -0.165. The van der Waals surface area contributed by atoms with Crippen LogP contribution in [-0.2, 0) is 21.4 Å². The number of aromatic amines is 1. The number of nitrogens with zero attached hydrogens (tertiary/aromatic N) is 2. The van der Waals surface area contributed by atoms with Gasteiger partial charge in [0.1, 0.15) is 17.2 Å². The minimum absolute atomic E-state index is 0.00851. The number of nitrogens with one attached hydrogen (secondary N) is 1. The van der Waals surface area contributed by atoms with E-state index in [2.05, 4.69) is 28.9 Å². The highest BCUT2D eigenvalue weighted by molar-refractivity contribution is 5.92. The highest BCUT2D eigenvalue weighted by Crippen LogP contribution is 2.57. The third kappa shape index (κ3) is 2.28. The van der Waals surface area contributed by atoms with Crippen molar-refractivity contribution in [3.8, 4) is 11.8 Å². The van der Waals surface area contributed by atoms with Gasteiger partial charge in [0, 0.05) is 29.2 Å². The van der Waals surface area contributed by atoms with Crippen LogP contribution in [0.1, 0.15) is 37.4 Å². The van der Waals surface area contributed by atoms with Crippen molar-refractivity contribution in [2.75, 3.05) is 20.8 Å². The topological polar surface area (TPSA) is 78.4 Å². The molecule has 152 valence electrons. The van der Waals surface area contributed by atoms with Gasteiger partial charge in [-0.15, -0.1) is 0 Å². The van der Waals surface area contributed by atoms with Gasteiger partial charge in [0.05, 0.1) is 20.3 Å². The van der Waals surface area contributed by atoms with Gasteiger partial charge in [-0.3, -0.25) is 9.69 Å². The highest BCUT2D eigenvalue weighted by atomic mass is 16.5. The predicted octanol–water partition coefficient (Wildman–Crippen LogP) is 3.16. The molecule has 3 fully saturated rings. The molecule has 1 N–H and O–H groups in total. The van der Waals surface area contributed by atoms with Crippen molar-refractivity contribution in [3.05, 3.63) is 29.5 Å². The molecule has 0 radical (unpaired) electrons. The Hall–Kier alpha value is -2.52. The second-order valence-electron chi connectivity index (χ2n) is 8.73. The quantitative estimate of drug-likeness (QED) is 0.811. The molecule has 1 saturated carbocycles. The van der Waals surface area contributed by atoms with E-state index in [1.165, 1.54) is 12.7 Å². The van der Waals surface area contributed by atoms with Crippen LogP contribution in [0.15, 0.2) is 18.2 Å². The van der Waals surface area contributed by atoms with Crippen LogP contribution in [0.5, 0.6) is 5.75 Å². The maximum Gasteiger partial charge on any atom is 0.319 e. The van der Waals surface area contributed by atoms with Gasteiger partial charge in [-0.1, -0.05) is 13.3 Å². The smallest absolute Gasteiger partial charge is 0.319 e. The van der Waals surface area contributed by atoms with Crippen molar-refractivity contribution in [1.29, 1.82) is 5.26 Å². The summed E-state index contributed by atoms with van der Waals surface area (Å²) in [6, 6.07) is 8.46. The predicted molar refractivity (Wildman–Crippen MR) is 109 cm³/mol. The lowest BCUT2D eigenvalue weighted by atomic mass is 9.54. The molecule has 29 heavy (non-hydrogen) atoms. The normalized spacial score (nSPS) is 34.9. The van der Waals surface area contributed by atoms with Crippen LogP contribution in [0.2, 0.25) is 0 Å². The Labute approximate surface area is 170 Å². The zero-order valence-electron chi connectivity index (χ0n) is 17.2. The van der Waals surface area contributed by atoms with Crippen molar-refractivity contribution in [3.63, 3.8) is 0 Å². The number of methoxy groups -OCH3 is 2. The van der Waals surface area contributed by atoms with Crippen molar-refractivity contribution in [2.24, 2.45) is 11.8 Å². The fraction of sp³-hybridized carbons (Fsp3) is 0.565. The molecule has 1 aromatic heterocycles. The van der Waals surface area contributed by atoms with Crippen LogP contribution in [0.3, 0.4) is 0 Å². The molecule has 6 rings (SSSR count). The SMILES string of the molecule is CC[C@H]1C[C@H]2C[C@@]3(C(=O)OC)c4[nH]c5ccc(OC)cc5c4CCN(C2C#N)[C@@H]13. The Morgan fingerprint density at radius 3 is 2.93 bits per heavy atom. The van der Waals surface area contributed by atoms with Gasteiger partial charge in [-0.25, -0.2) is 0 Å². The first-order chi connectivity index (χ1) is 14.1. The largest absolute Gasteiger partial charge is 0.497 e. The summed E-state index contributed by atoms with van der Waals surface area (Å²) in [6.07, 6.45) is 3.49. The molecular formula is C23H27N3O3. The van der Waals surface area contributed by atoms with Gasteiger partial charge in [0.15, 0.2) is 0 Å². The molecular weight excluding hydrogens is 366 g/mol. The summed E-state index contributed by atoms with van der Waals surface area (Å²) in [5.41, 5.74) is 2.45. The molecule has 6 atom stereocenters. The molecule has 2 unspecified atom stereocenters. The Morgan fingerprint density at radius 2 is 2.24 bits per heavy atom. The summed E-state index contributed by atoms with van der Waals surface area (Å²) < 4.78 is 10.9. The number of hydrogen-bond donors (Lipinski definition) is 1. The number of carbonyl (C=O) groups is 1. The van der Waals surface area contributed by atoms with E-state index >= 15 is 0 Å². The number of ether oxygens (including phenoxy) is 2. The zero-order chi connectivity index (χ0) is 20.3. The summed E-state index contributed by atoms with van der Waals surface area (Å²) >= 11 is 0. The number of fused-ring (bicyclic) bond motifs is 4. The van der Waals surface area contributed by atoms with Crippen molar-refractivity contribution >= 4 is 16.9 Å². The minimum atomic E-state index is -0.746. The summed E-state index contributed by atoms with van der Waals surface area (Å²) in [6.45, 7) is 2.98. The van der Waals surface area contributed by atoms with E-state index in [0.29, 0.717) is 12.3 Å². The molecule has 4 bridgehead atoms. The first-order valence-electron chi connectivity index (χ1n) is 10.5. The fourth-order valence-corrected chi connectivity index (χ4v) is 6.60. The monoisotopic (exact) mass is 393 g/mol. The van der Waals surface area contributed by atoms with Gasteiger partial charge in [-0.2, -0.15) is 5.26 Å². The van der Waals surface area contributed by atoms with E-state index in [4.69, 9.17) is 9.47 Å². The van der Waals surface area contributed by atoms with E-state index in [9.17, 15) is 10.1 Å². The zero-order valence-corrected chi connectivity index (χ0v) is 17.2. The fourth-order valence-electron chi connectivity index (χ4n) is 6.60. The number of nitriles is 1. The van der Waals surface area contributed by atoms with E-state index in [0.717, 1.165) is 48.2 Å². The average molecular weight is 393 g/mol. The first kappa shape index (κ1) is 18.5. The highest BCUT2D eigenvalue weighted by Gasteiger charge is 2.65. The molecule has 4 heterocycles. The van der Waals surface area contributed by atoms with Crippen LogP contribution < -0.4 is 4.74 Å². The number of piperidine rings is 2. The number of H-pyrrole nitrogens is 1. The van der Waals surface area contributed by atoms with Crippen LogP contribution in [0.4, 0.5) is 0 Å². The van der Waals surface area contributed by atoms with E-state index in [-0.39, 0.29) is 24.0 Å². The van der Waals surface area contributed by atoms with Gasteiger partial charge in [-0.05, 0) is 54.9 Å². The summed E-state index contributed by atoms with van der Waals surface area (Å²) in [5.74, 6) is 1.20. The van der Waals surface area contributed by atoms with Gasteiger partial charge in [0.25, 0.3) is 0 Å². The van der Waals surface area contributed by atoms with Crippen LogP contribution >= 0.6 is 0 Å². The third-order valence-corrected chi connectivity index (χ3v) is 7.69.